The minimum absolute atomic E-state index is 0.191. The maximum Gasteiger partial charge on any atom is 0.331 e. The number of rotatable bonds is 5. The molecule has 20 heavy (non-hydrogen) atoms. The summed E-state index contributed by atoms with van der Waals surface area (Å²) in [6.45, 7) is -0.234. The van der Waals surface area contributed by atoms with Gasteiger partial charge in [-0.1, -0.05) is 34.1 Å². The van der Waals surface area contributed by atoms with Crippen molar-refractivity contribution in [3.05, 3.63) is 62.8 Å². The molecule has 0 amide bonds. The van der Waals surface area contributed by atoms with Crippen LogP contribution in [0.25, 0.3) is 6.08 Å². The highest BCUT2D eigenvalue weighted by Crippen LogP contribution is 2.13. The molecule has 0 aliphatic carbocycles. The number of esters is 1. The maximum atomic E-state index is 11.6. The van der Waals surface area contributed by atoms with Crippen LogP contribution in [0.15, 0.2) is 52.3 Å². The van der Waals surface area contributed by atoms with E-state index in [2.05, 4.69) is 15.9 Å². The number of carbonyl (C=O) groups is 2. The monoisotopic (exact) mass is 350 g/mol. The predicted molar refractivity (Wildman–Crippen MR) is 82.8 cm³/mol. The molecule has 1 aromatic carbocycles. The van der Waals surface area contributed by atoms with E-state index < -0.39 is 5.97 Å². The van der Waals surface area contributed by atoms with Gasteiger partial charge in [0.1, 0.15) is 0 Å². The van der Waals surface area contributed by atoms with Gasteiger partial charge >= 0.3 is 5.97 Å². The lowest BCUT2D eigenvalue weighted by Crippen LogP contribution is -2.11. The number of ether oxygens (including phenoxy) is 1. The number of ketones is 1. The van der Waals surface area contributed by atoms with Crippen molar-refractivity contribution in [2.75, 3.05) is 6.61 Å². The van der Waals surface area contributed by atoms with E-state index in [9.17, 15) is 9.59 Å². The zero-order chi connectivity index (χ0) is 14.4. The zero-order valence-corrected chi connectivity index (χ0v) is 12.8. The molecule has 1 aromatic heterocycles. The van der Waals surface area contributed by atoms with Gasteiger partial charge in [-0.2, -0.15) is 0 Å². The Morgan fingerprint density at radius 2 is 2.10 bits per heavy atom. The van der Waals surface area contributed by atoms with E-state index in [0.717, 1.165) is 10.0 Å². The Bertz CT molecular complexity index is 632. The average Bonchev–Trinajstić information content (AvgIpc) is 2.97. The first-order valence-electron chi connectivity index (χ1n) is 5.82. The number of Topliss-reactive ketones (excluding diaryl/α,β-unsaturated/α-hetero) is 1. The van der Waals surface area contributed by atoms with Crippen LogP contribution >= 0.6 is 27.3 Å². The van der Waals surface area contributed by atoms with Crippen LogP contribution in [0.1, 0.15) is 15.2 Å². The van der Waals surface area contributed by atoms with Crippen LogP contribution in [-0.2, 0) is 9.53 Å². The molecule has 102 valence electrons. The minimum Gasteiger partial charge on any atom is -0.454 e. The summed E-state index contributed by atoms with van der Waals surface area (Å²) in [6, 6.07) is 11.0. The normalized spacial score (nSPS) is 10.7. The van der Waals surface area contributed by atoms with Crippen molar-refractivity contribution < 1.29 is 14.3 Å². The maximum absolute atomic E-state index is 11.6. The Hall–Kier alpha value is -1.72. The van der Waals surface area contributed by atoms with Gasteiger partial charge in [-0.25, -0.2) is 4.79 Å². The van der Waals surface area contributed by atoms with Gasteiger partial charge in [0.2, 0.25) is 5.78 Å². The molecule has 3 nitrogen and oxygen atoms in total. The number of benzene rings is 1. The Labute approximate surface area is 129 Å². The fraction of sp³-hybridized carbons (Fsp3) is 0.0667. The third-order valence-electron chi connectivity index (χ3n) is 2.40. The van der Waals surface area contributed by atoms with E-state index in [4.69, 9.17) is 4.74 Å². The molecule has 0 aliphatic heterocycles. The molecule has 0 unspecified atom stereocenters. The molecule has 1 heterocycles. The van der Waals surface area contributed by atoms with Crippen LogP contribution in [0.4, 0.5) is 0 Å². The molecule has 0 fully saturated rings. The second-order valence-electron chi connectivity index (χ2n) is 3.90. The van der Waals surface area contributed by atoms with Crippen molar-refractivity contribution >= 4 is 45.1 Å². The van der Waals surface area contributed by atoms with Gasteiger partial charge in [0.15, 0.2) is 6.61 Å². The molecule has 0 bridgehead atoms. The number of carbonyl (C=O) groups excluding carboxylic acids is 2. The van der Waals surface area contributed by atoms with E-state index in [0.29, 0.717) is 4.88 Å². The van der Waals surface area contributed by atoms with Gasteiger partial charge in [0, 0.05) is 10.5 Å². The van der Waals surface area contributed by atoms with Gasteiger partial charge in [0.05, 0.1) is 4.88 Å². The van der Waals surface area contributed by atoms with Crippen LogP contribution in [0, 0.1) is 0 Å². The van der Waals surface area contributed by atoms with Gasteiger partial charge in [0.25, 0.3) is 0 Å². The first kappa shape index (κ1) is 14.7. The van der Waals surface area contributed by atoms with E-state index in [-0.39, 0.29) is 12.4 Å². The predicted octanol–water partition coefficient (Wildman–Crippen LogP) is 3.95. The first-order chi connectivity index (χ1) is 9.65. The molecule has 0 radical (unpaired) electrons. The molecular formula is C15H11BrO3S. The van der Waals surface area contributed by atoms with Gasteiger partial charge in [-0.15, -0.1) is 11.3 Å². The molecule has 2 rings (SSSR count). The Balaban J connectivity index is 1.85. The highest BCUT2D eigenvalue weighted by molar-refractivity contribution is 9.10. The number of thiophene rings is 1. The van der Waals surface area contributed by atoms with Gasteiger partial charge in [-0.3, -0.25) is 4.79 Å². The van der Waals surface area contributed by atoms with Crippen LogP contribution in [-0.4, -0.2) is 18.4 Å². The van der Waals surface area contributed by atoms with E-state index in [1.165, 1.54) is 17.4 Å². The smallest absolute Gasteiger partial charge is 0.331 e. The molecule has 0 saturated heterocycles. The Morgan fingerprint density at radius 1 is 1.25 bits per heavy atom. The van der Waals surface area contributed by atoms with E-state index in [1.807, 2.05) is 29.6 Å². The molecule has 0 atom stereocenters. The van der Waals surface area contributed by atoms with Crippen LogP contribution < -0.4 is 0 Å². The van der Waals surface area contributed by atoms with E-state index >= 15 is 0 Å². The molecule has 0 saturated carbocycles. The molecule has 0 N–H and O–H groups in total. The van der Waals surface area contributed by atoms with Crippen LogP contribution in [0.3, 0.4) is 0 Å². The van der Waals surface area contributed by atoms with Gasteiger partial charge in [-0.05, 0) is 35.2 Å². The second kappa shape index (κ2) is 7.17. The fourth-order valence-electron chi connectivity index (χ4n) is 1.47. The standard InChI is InChI=1S/C15H11BrO3S/c16-12-4-1-3-11(9-12)6-7-15(18)19-10-13(17)14-5-2-8-20-14/h1-9H,10H2/b7-6+. The number of hydrogen-bond donors (Lipinski definition) is 0. The van der Waals surface area contributed by atoms with Crippen molar-refractivity contribution in [1.29, 1.82) is 0 Å². The molecule has 5 heteroatoms. The summed E-state index contributed by atoms with van der Waals surface area (Å²) in [5, 5.41) is 1.81. The van der Waals surface area contributed by atoms with Crippen LogP contribution in [0.2, 0.25) is 0 Å². The number of halogens is 1. The summed E-state index contributed by atoms with van der Waals surface area (Å²) in [5.41, 5.74) is 0.876. The lowest BCUT2D eigenvalue weighted by molar-refractivity contribution is -0.136. The molecule has 0 aliphatic rings. The SMILES string of the molecule is O=C(/C=C/c1cccc(Br)c1)OCC(=O)c1cccs1. The van der Waals surface area contributed by atoms with Crippen molar-refractivity contribution in [3.8, 4) is 0 Å². The second-order valence-corrected chi connectivity index (χ2v) is 5.76. The third-order valence-corrected chi connectivity index (χ3v) is 3.81. The molecule has 2 aromatic rings. The summed E-state index contributed by atoms with van der Waals surface area (Å²) < 4.78 is 5.83. The van der Waals surface area contributed by atoms with Gasteiger partial charge < -0.3 is 4.74 Å². The summed E-state index contributed by atoms with van der Waals surface area (Å²) in [6.07, 6.45) is 2.95. The lowest BCUT2D eigenvalue weighted by Gasteiger charge is -1.99. The summed E-state index contributed by atoms with van der Waals surface area (Å²) in [5.74, 6) is -0.723. The van der Waals surface area contributed by atoms with E-state index in [1.54, 1.807) is 18.2 Å². The number of hydrogen-bond acceptors (Lipinski definition) is 4. The summed E-state index contributed by atoms with van der Waals surface area (Å²) in [4.78, 5) is 23.7. The molecule has 0 spiro atoms. The minimum atomic E-state index is -0.533. The van der Waals surface area contributed by atoms with Crippen molar-refractivity contribution in [2.24, 2.45) is 0 Å². The van der Waals surface area contributed by atoms with Crippen molar-refractivity contribution in [3.63, 3.8) is 0 Å². The largest absolute Gasteiger partial charge is 0.454 e. The average molecular weight is 351 g/mol. The van der Waals surface area contributed by atoms with Crippen molar-refractivity contribution in [2.45, 2.75) is 0 Å². The third kappa shape index (κ3) is 4.43. The Morgan fingerprint density at radius 3 is 2.80 bits per heavy atom. The van der Waals surface area contributed by atoms with Crippen molar-refractivity contribution in [1.82, 2.24) is 0 Å². The zero-order valence-electron chi connectivity index (χ0n) is 10.4. The summed E-state index contributed by atoms with van der Waals surface area (Å²) in [7, 11) is 0. The quantitative estimate of drug-likeness (QED) is 0.465. The molecular weight excluding hydrogens is 340 g/mol. The Kier molecular flexibility index (Phi) is 5.26. The van der Waals surface area contributed by atoms with Crippen LogP contribution in [0.5, 0.6) is 0 Å². The first-order valence-corrected chi connectivity index (χ1v) is 7.49. The highest BCUT2D eigenvalue weighted by Gasteiger charge is 2.08. The fourth-order valence-corrected chi connectivity index (χ4v) is 2.54. The summed E-state index contributed by atoms with van der Waals surface area (Å²) >= 11 is 4.68. The highest BCUT2D eigenvalue weighted by atomic mass is 79.9. The topological polar surface area (TPSA) is 43.4 Å². The lowest BCUT2D eigenvalue weighted by atomic mass is 10.2.